The lowest BCUT2D eigenvalue weighted by Crippen LogP contribution is -2.48. The molecule has 0 spiro atoms. The number of halogens is 1. The molecule has 1 atom stereocenters. The third kappa shape index (κ3) is 5.36. The summed E-state index contributed by atoms with van der Waals surface area (Å²) in [5, 5.41) is 8.01. The van der Waals surface area contributed by atoms with Gasteiger partial charge in [0.1, 0.15) is 0 Å². The molecule has 0 bridgehead atoms. The van der Waals surface area contributed by atoms with E-state index < -0.39 is 0 Å². The van der Waals surface area contributed by atoms with E-state index in [1.165, 1.54) is 19.3 Å². The van der Waals surface area contributed by atoms with E-state index in [0.29, 0.717) is 10.1 Å². The van der Waals surface area contributed by atoms with E-state index in [1.54, 1.807) is 0 Å². The number of hydrogen-bond acceptors (Lipinski definition) is 3. The minimum absolute atomic E-state index is 0.257. The van der Waals surface area contributed by atoms with E-state index in [4.69, 9.17) is 23.8 Å². The molecule has 1 aromatic rings. The molecule has 23 heavy (non-hydrogen) atoms. The Morgan fingerprint density at radius 3 is 2.96 bits per heavy atom. The van der Waals surface area contributed by atoms with Crippen LogP contribution < -0.4 is 10.6 Å². The van der Waals surface area contributed by atoms with Gasteiger partial charge in [-0.25, -0.2) is 0 Å². The van der Waals surface area contributed by atoms with Crippen molar-refractivity contribution in [3.63, 3.8) is 0 Å². The minimum Gasteiger partial charge on any atom is -0.356 e. The van der Waals surface area contributed by atoms with E-state index in [2.05, 4.69) is 34.4 Å². The van der Waals surface area contributed by atoms with E-state index in [-0.39, 0.29) is 6.04 Å². The first-order valence-electron chi connectivity index (χ1n) is 8.26. The van der Waals surface area contributed by atoms with Crippen molar-refractivity contribution in [2.75, 3.05) is 18.4 Å². The predicted octanol–water partition coefficient (Wildman–Crippen LogP) is 4.27. The van der Waals surface area contributed by atoms with E-state index in [1.807, 2.05) is 24.3 Å². The molecule has 4 nitrogen and oxygen atoms in total. The summed E-state index contributed by atoms with van der Waals surface area (Å²) in [5.41, 5.74) is 0.892. The SMILES string of the molecule is CCCCCCNC1=NCC(C)N1C(=S)Nc1cccc(Cl)c1. The van der Waals surface area contributed by atoms with Gasteiger partial charge in [-0.15, -0.1) is 0 Å². The Morgan fingerprint density at radius 2 is 2.22 bits per heavy atom. The lowest BCUT2D eigenvalue weighted by atomic mass is 10.2. The lowest BCUT2D eigenvalue weighted by Gasteiger charge is -2.27. The number of thiocarbonyl (C=S) groups is 1. The highest BCUT2D eigenvalue weighted by atomic mass is 35.5. The fourth-order valence-corrected chi connectivity index (χ4v) is 3.10. The molecule has 2 N–H and O–H groups in total. The van der Waals surface area contributed by atoms with Gasteiger partial charge in [-0.05, 0) is 43.8 Å². The number of guanidine groups is 1. The number of unbranched alkanes of at least 4 members (excludes halogenated alkanes) is 3. The molecule has 0 amide bonds. The molecule has 6 heteroatoms. The van der Waals surface area contributed by atoms with Crippen molar-refractivity contribution in [2.24, 2.45) is 4.99 Å². The predicted molar refractivity (Wildman–Crippen MR) is 103 cm³/mol. The third-order valence-electron chi connectivity index (χ3n) is 3.78. The number of rotatable bonds is 6. The average molecular weight is 353 g/mol. The molecule has 0 aliphatic carbocycles. The Hall–Kier alpha value is -1.33. The van der Waals surface area contributed by atoms with Gasteiger partial charge in [0.2, 0.25) is 5.96 Å². The smallest absolute Gasteiger partial charge is 0.200 e. The van der Waals surface area contributed by atoms with Gasteiger partial charge in [-0.1, -0.05) is 43.9 Å². The highest BCUT2D eigenvalue weighted by Gasteiger charge is 2.27. The van der Waals surface area contributed by atoms with Crippen molar-refractivity contribution in [1.82, 2.24) is 10.2 Å². The second-order valence-electron chi connectivity index (χ2n) is 5.81. The van der Waals surface area contributed by atoms with Crippen molar-refractivity contribution in [3.05, 3.63) is 29.3 Å². The van der Waals surface area contributed by atoms with Gasteiger partial charge in [0.05, 0.1) is 12.6 Å². The van der Waals surface area contributed by atoms with Crippen molar-refractivity contribution in [1.29, 1.82) is 0 Å². The van der Waals surface area contributed by atoms with Crippen LogP contribution in [-0.4, -0.2) is 35.1 Å². The van der Waals surface area contributed by atoms with Gasteiger partial charge in [-0.3, -0.25) is 9.89 Å². The second kappa shape index (κ2) is 9.08. The maximum Gasteiger partial charge on any atom is 0.200 e. The maximum atomic E-state index is 6.02. The first kappa shape index (κ1) is 18.0. The number of nitrogens with zero attached hydrogens (tertiary/aromatic N) is 2. The number of hydrogen-bond donors (Lipinski definition) is 2. The minimum atomic E-state index is 0.257. The summed E-state index contributed by atoms with van der Waals surface area (Å²) in [6.07, 6.45) is 4.93. The molecule has 0 fully saturated rings. The fourth-order valence-electron chi connectivity index (χ4n) is 2.52. The summed E-state index contributed by atoms with van der Waals surface area (Å²) < 4.78 is 0. The largest absolute Gasteiger partial charge is 0.356 e. The van der Waals surface area contributed by atoms with Gasteiger partial charge in [-0.2, -0.15) is 0 Å². The Labute approximate surface area is 149 Å². The molecule has 2 rings (SSSR count). The topological polar surface area (TPSA) is 39.7 Å². The standard InChI is InChI=1S/C17H25ClN4S/c1-3-4-5-6-10-19-16-20-12-13(2)22(16)17(23)21-15-9-7-8-14(18)11-15/h7-9,11,13H,3-6,10,12H2,1-2H3,(H,19,20)(H,21,23). The van der Waals surface area contributed by atoms with Gasteiger partial charge in [0.25, 0.3) is 0 Å². The summed E-state index contributed by atoms with van der Waals surface area (Å²) in [5.74, 6) is 0.869. The molecule has 1 unspecified atom stereocenters. The summed E-state index contributed by atoms with van der Waals surface area (Å²) in [4.78, 5) is 6.63. The summed E-state index contributed by atoms with van der Waals surface area (Å²) in [6.45, 7) is 6.04. The van der Waals surface area contributed by atoms with Gasteiger partial charge in [0, 0.05) is 17.3 Å². The van der Waals surface area contributed by atoms with Crippen LogP contribution in [-0.2, 0) is 0 Å². The molecule has 1 aliphatic rings. The first-order chi connectivity index (χ1) is 11.1. The maximum absolute atomic E-state index is 6.02. The Morgan fingerprint density at radius 1 is 1.39 bits per heavy atom. The quantitative estimate of drug-likeness (QED) is 0.592. The lowest BCUT2D eigenvalue weighted by molar-refractivity contribution is 0.504. The van der Waals surface area contributed by atoms with Crippen LogP contribution in [0.15, 0.2) is 29.3 Å². The van der Waals surface area contributed by atoms with Gasteiger partial charge >= 0.3 is 0 Å². The Balaban J connectivity index is 1.90. The second-order valence-corrected chi connectivity index (χ2v) is 6.63. The molecule has 1 aliphatic heterocycles. The molecular weight excluding hydrogens is 328 g/mol. The first-order valence-corrected chi connectivity index (χ1v) is 9.04. The van der Waals surface area contributed by atoms with Crippen LogP contribution in [0, 0.1) is 0 Å². The zero-order valence-corrected chi connectivity index (χ0v) is 15.4. The molecule has 126 valence electrons. The molecule has 0 aromatic heterocycles. The van der Waals surface area contributed by atoms with Crippen LogP contribution in [0.2, 0.25) is 5.02 Å². The normalized spacial score (nSPS) is 17.1. The zero-order chi connectivity index (χ0) is 16.7. The highest BCUT2D eigenvalue weighted by molar-refractivity contribution is 7.80. The van der Waals surface area contributed by atoms with Crippen LogP contribution in [0.1, 0.15) is 39.5 Å². The van der Waals surface area contributed by atoms with Crippen LogP contribution in [0.5, 0.6) is 0 Å². The molecule has 1 aromatic carbocycles. The Kier molecular flexibility index (Phi) is 7.12. The summed E-state index contributed by atoms with van der Waals surface area (Å²) >= 11 is 11.6. The van der Waals surface area contributed by atoms with E-state index in [9.17, 15) is 0 Å². The van der Waals surface area contributed by atoms with Crippen molar-refractivity contribution in [2.45, 2.75) is 45.6 Å². The molecular formula is C17H25ClN4S. The van der Waals surface area contributed by atoms with E-state index in [0.717, 1.165) is 31.2 Å². The molecule has 1 heterocycles. The number of benzene rings is 1. The van der Waals surface area contributed by atoms with Crippen molar-refractivity contribution in [3.8, 4) is 0 Å². The van der Waals surface area contributed by atoms with Crippen LogP contribution in [0.4, 0.5) is 5.69 Å². The van der Waals surface area contributed by atoms with Crippen LogP contribution in [0.3, 0.4) is 0 Å². The third-order valence-corrected chi connectivity index (χ3v) is 4.32. The molecule has 0 saturated carbocycles. The summed E-state index contributed by atoms with van der Waals surface area (Å²) in [6, 6.07) is 7.82. The molecule has 0 radical (unpaired) electrons. The van der Waals surface area contributed by atoms with Crippen molar-refractivity contribution < 1.29 is 0 Å². The van der Waals surface area contributed by atoms with Crippen LogP contribution >= 0.6 is 23.8 Å². The number of nitrogens with one attached hydrogen (secondary N) is 2. The highest BCUT2D eigenvalue weighted by Crippen LogP contribution is 2.17. The summed E-state index contributed by atoms with van der Waals surface area (Å²) in [7, 11) is 0. The van der Waals surface area contributed by atoms with Crippen molar-refractivity contribution >= 4 is 40.6 Å². The van der Waals surface area contributed by atoms with E-state index >= 15 is 0 Å². The average Bonchev–Trinajstić information content (AvgIpc) is 2.88. The monoisotopic (exact) mass is 352 g/mol. The van der Waals surface area contributed by atoms with Crippen LogP contribution in [0.25, 0.3) is 0 Å². The Bertz CT molecular complexity index is 561. The fraction of sp³-hybridized carbons (Fsp3) is 0.529. The number of anilines is 1. The molecule has 0 saturated heterocycles. The zero-order valence-electron chi connectivity index (χ0n) is 13.8. The number of aliphatic imine (C=N–C) groups is 1. The van der Waals surface area contributed by atoms with Gasteiger partial charge in [0.15, 0.2) is 5.11 Å². The van der Waals surface area contributed by atoms with Gasteiger partial charge < -0.3 is 10.6 Å².